The fraction of sp³-hybridized carbons (Fsp3) is 0.786. The van der Waals surface area contributed by atoms with Crippen LogP contribution < -0.4 is 5.32 Å². The van der Waals surface area contributed by atoms with E-state index in [0.29, 0.717) is 18.4 Å². The molecule has 0 aliphatic carbocycles. The topological polar surface area (TPSA) is 76.2 Å². The molecular weight excluding hydrogens is 270 g/mol. The minimum Gasteiger partial charge on any atom is -0.358 e. The van der Waals surface area contributed by atoms with Crippen molar-refractivity contribution < 1.29 is 4.92 Å². The lowest BCUT2D eigenvalue weighted by Gasteiger charge is -2.24. The summed E-state index contributed by atoms with van der Waals surface area (Å²) in [4.78, 5) is 17.1. The van der Waals surface area contributed by atoms with Crippen molar-refractivity contribution in [3.63, 3.8) is 0 Å². The molecule has 2 heterocycles. The Hall–Kier alpha value is -1.47. The molecule has 1 aromatic rings. The lowest BCUT2D eigenvalue weighted by Crippen LogP contribution is -2.39. The van der Waals surface area contributed by atoms with Crippen molar-refractivity contribution in [3.8, 4) is 0 Å². The van der Waals surface area contributed by atoms with Crippen molar-refractivity contribution >= 4 is 5.82 Å². The molecule has 1 aromatic heterocycles. The van der Waals surface area contributed by atoms with E-state index in [1.807, 2.05) is 6.92 Å². The maximum atomic E-state index is 11.0. The normalized spacial score (nSPS) is 18.5. The van der Waals surface area contributed by atoms with Crippen LogP contribution in [0, 0.1) is 17.0 Å². The highest BCUT2D eigenvalue weighted by Crippen LogP contribution is 2.14. The van der Waals surface area contributed by atoms with Crippen LogP contribution in [0.5, 0.6) is 0 Å². The molecule has 0 radical (unpaired) electrons. The Balaban J connectivity index is 1.94. The number of hydrogen-bond acceptors (Lipinski definition) is 5. The molecule has 7 heteroatoms. The van der Waals surface area contributed by atoms with Gasteiger partial charge in [0.05, 0.1) is 0 Å². The Morgan fingerprint density at radius 1 is 1.57 bits per heavy atom. The SMILES string of the molecule is CCCN(CCn1c([N+](=O)[O-])cnc1C)CC1CCCN1. The molecule has 1 atom stereocenters. The maximum Gasteiger partial charge on any atom is 0.342 e. The minimum absolute atomic E-state index is 0.0861. The van der Waals surface area contributed by atoms with Gasteiger partial charge in [0.25, 0.3) is 0 Å². The molecule has 1 aliphatic heterocycles. The molecule has 2 rings (SSSR count). The predicted octanol–water partition coefficient (Wildman–Crippen LogP) is 1.56. The summed E-state index contributed by atoms with van der Waals surface area (Å²) in [5.74, 6) is 0.792. The molecule has 1 fully saturated rings. The van der Waals surface area contributed by atoms with E-state index < -0.39 is 0 Å². The first-order valence-electron chi connectivity index (χ1n) is 7.74. The number of rotatable bonds is 8. The molecule has 0 aromatic carbocycles. The zero-order valence-electron chi connectivity index (χ0n) is 12.9. The van der Waals surface area contributed by atoms with Crippen molar-refractivity contribution in [1.82, 2.24) is 19.8 Å². The molecule has 0 saturated carbocycles. The Morgan fingerprint density at radius 2 is 2.38 bits per heavy atom. The Kier molecular flexibility index (Phi) is 5.69. The predicted molar refractivity (Wildman–Crippen MR) is 81.4 cm³/mol. The quantitative estimate of drug-likeness (QED) is 0.582. The molecule has 21 heavy (non-hydrogen) atoms. The first-order chi connectivity index (χ1) is 10.1. The largest absolute Gasteiger partial charge is 0.358 e. The zero-order chi connectivity index (χ0) is 15.2. The van der Waals surface area contributed by atoms with E-state index in [0.717, 1.165) is 32.6 Å². The lowest BCUT2D eigenvalue weighted by molar-refractivity contribution is -0.392. The Bertz CT molecular complexity index is 468. The highest BCUT2D eigenvalue weighted by atomic mass is 16.6. The van der Waals surface area contributed by atoms with Crippen LogP contribution in [0.1, 0.15) is 32.0 Å². The van der Waals surface area contributed by atoms with Crippen molar-refractivity contribution in [1.29, 1.82) is 0 Å². The van der Waals surface area contributed by atoms with Crippen molar-refractivity contribution in [2.75, 3.05) is 26.2 Å². The van der Waals surface area contributed by atoms with E-state index in [1.54, 1.807) is 4.57 Å². The summed E-state index contributed by atoms with van der Waals surface area (Å²) >= 11 is 0. The number of imidazole rings is 1. The molecule has 0 amide bonds. The van der Waals surface area contributed by atoms with Gasteiger partial charge in [-0.3, -0.25) is 4.90 Å². The van der Waals surface area contributed by atoms with E-state index >= 15 is 0 Å². The zero-order valence-corrected chi connectivity index (χ0v) is 12.9. The van der Waals surface area contributed by atoms with E-state index in [2.05, 4.69) is 22.1 Å². The van der Waals surface area contributed by atoms with Gasteiger partial charge in [-0.25, -0.2) is 9.55 Å². The Labute approximate surface area is 125 Å². The fourth-order valence-electron chi connectivity index (χ4n) is 2.95. The number of aryl methyl sites for hydroxylation is 1. The van der Waals surface area contributed by atoms with Crippen LogP contribution in [0.2, 0.25) is 0 Å². The summed E-state index contributed by atoms with van der Waals surface area (Å²) in [7, 11) is 0. The fourth-order valence-corrected chi connectivity index (χ4v) is 2.95. The second-order valence-corrected chi connectivity index (χ2v) is 5.67. The maximum absolute atomic E-state index is 11.0. The van der Waals surface area contributed by atoms with Gasteiger partial charge in [0.15, 0.2) is 5.82 Å². The standard InChI is InChI=1S/C14H25N5O2/c1-3-7-17(11-13-5-4-6-15-13)8-9-18-12(2)16-10-14(18)19(20)21/h10,13,15H,3-9,11H2,1-2H3. The van der Waals surface area contributed by atoms with E-state index in [9.17, 15) is 10.1 Å². The van der Waals surface area contributed by atoms with E-state index in [4.69, 9.17) is 0 Å². The van der Waals surface area contributed by atoms with Gasteiger partial charge in [0.2, 0.25) is 0 Å². The monoisotopic (exact) mass is 295 g/mol. The van der Waals surface area contributed by atoms with Gasteiger partial charge in [-0.05, 0) is 37.3 Å². The molecule has 7 nitrogen and oxygen atoms in total. The first kappa shape index (κ1) is 15.9. The number of aromatic nitrogens is 2. The van der Waals surface area contributed by atoms with Gasteiger partial charge in [0, 0.05) is 26.1 Å². The van der Waals surface area contributed by atoms with Crippen LogP contribution in [-0.4, -0.2) is 51.6 Å². The second kappa shape index (κ2) is 7.51. The smallest absolute Gasteiger partial charge is 0.342 e. The number of nitrogens with one attached hydrogen (secondary N) is 1. The minimum atomic E-state index is -0.358. The highest BCUT2D eigenvalue weighted by Gasteiger charge is 2.20. The van der Waals surface area contributed by atoms with Crippen molar-refractivity contribution in [2.24, 2.45) is 0 Å². The van der Waals surface area contributed by atoms with Crippen molar-refractivity contribution in [3.05, 3.63) is 22.1 Å². The van der Waals surface area contributed by atoms with Gasteiger partial charge in [-0.15, -0.1) is 0 Å². The third-order valence-corrected chi connectivity index (χ3v) is 4.04. The van der Waals surface area contributed by atoms with Gasteiger partial charge in [-0.1, -0.05) is 6.92 Å². The third kappa shape index (κ3) is 4.25. The molecule has 1 aliphatic rings. The van der Waals surface area contributed by atoms with Gasteiger partial charge < -0.3 is 15.4 Å². The van der Waals surface area contributed by atoms with Crippen LogP contribution in [-0.2, 0) is 6.54 Å². The molecule has 1 unspecified atom stereocenters. The number of nitro groups is 1. The average molecular weight is 295 g/mol. The average Bonchev–Trinajstić information content (AvgIpc) is 3.06. The number of hydrogen-bond donors (Lipinski definition) is 1. The Morgan fingerprint density at radius 3 is 3.00 bits per heavy atom. The van der Waals surface area contributed by atoms with Crippen molar-refractivity contribution in [2.45, 2.75) is 45.7 Å². The van der Waals surface area contributed by atoms with Gasteiger partial charge in [0.1, 0.15) is 12.7 Å². The summed E-state index contributed by atoms with van der Waals surface area (Å²) in [6.07, 6.45) is 4.91. The first-order valence-corrected chi connectivity index (χ1v) is 7.74. The summed E-state index contributed by atoms with van der Waals surface area (Å²) in [6, 6.07) is 0.565. The summed E-state index contributed by atoms with van der Waals surface area (Å²) in [5, 5.41) is 14.5. The molecule has 1 saturated heterocycles. The van der Waals surface area contributed by atoms with E-state index in [1.165, 1.54) is 19.0 Å². The summed E-state index contributed by atoms with van der Waals surface area (Å²) in [6.45, 7) is 8.58. The molecule has 118 valence electrons. The van der Waals surface area contributed by atoms with Crippen LogP contribution in [0.25, 0.3) is 0 Å². The summed E-state index contributed by atoms with van der Waals surface area (Å²) in [5.41, 5.74) is 0. The van der Waals surface area contributed by atoms with Gasteiger partial charge in [-0.2, -0.15) is 0 Å². The number of nitrogens with zero attached hydrogens (tertiary/aromatic N) is 4. The van der Waals surface area contributed by atoms with Crippen LogP contribution in [0.3, 0.4) is 0 Å². The highest BCUT2D eigenvalue weighted by molar-refractivity contribution is 5.18. The van der Waals surface area contributed by atoms with E-state index in [-0.39, 0.29) is 10.7 Å². The third-order valence-electron chi connectivity index (χ3n) is 4.04. The second-order valence-electron chi connectivity index (χ2n) is 5.67. The molecule has 0 bridgehead atoms. The summed E-state index contributed by atoms with van der Waals surface area (Å²) < 4.78 is 1.70. The van der Waals surface area contributed by atoms with Crippen LogP contribution in [0.15, 0.2) is 6.20 Å². The molecule has 0 spiro atoms. The van der Waals surface area contributed by atoms with Crippen LogP contribution in [0.4, 0.5) is 5.82 Å². The lowest BCUT2D eigenvalue weighted by atomic mass is 10.2. The van der Waals surface area contributed by atoms with Crippen LogP contribution >= 0.6 is 0 Å². The molecular formula is C14H25N5O2. The van der Waals surface area contributed by atoms with Gasteiger partial charge >= 0.3 is 5.82 Å². The molecule has 1 N–H and O–H groups in total.